The summed E-state index contributed by atoms with van der Waals surface area (Å²) < 4.78 is 10.9. The maximum atomic E-state index is 12.5. The predicted octanol–water partition coefficient (Wildman–Crippen LogP) is 1.96. The molecule has 5 nitrogen and oxygen atoms in total. The molecular weight excluding hydrogens is 280 g/mol. The van der Waals surface area contributed by atoms with E-state index in [4.69, 9.17) is 15.2 Å². The largest absolute Gasteiger partial charge is 0.490 e. The Labute approximate surface area is 132 Å². The van der Waals surface area contributed by atoms with Crippen molar-refractivity contribution in [2.24, 2.45) is 11.7 Å². The fraction of sp³-hybridized carbons (Fsp3) is 0.588. The van der Waals surface area contributed by atoms with Crippen LogP contribution in [0.2, 0.25) is 0 Å². The first-order chi connectivity index (χ1) is 10.8. The Balaban J connectivity index is 1.96. The average molecular weight is 306 g/mol. The first-order valence-corrected chi connectivity index (χ1v) is 8.06. The molecular formula is C17H26N2O3. The first-order valence-electron chi connectivity index (χ1n) is 8.06. The summed E-state index contributed by atoms with van der Waals surface area (Å²) in [6, 6.07) is 7.49. The molecule has 2 atom stereocenters. The average Bonchev–Trinajstić information content (AvgIpc) is 2.99. The van der Waals surface area contributed by atoms with Gasteiger partial charge in [0.15, 0.2) is 0 Å². The number of amides is 1. The zero-order valence-corrected chi connectivity index (χ0v) is 13.2. The molecule has 5 heteroatoms. The van der Waals surface area contributed by atoms with Gasteiger partial charge >= 0.3 is 0 Å². The number of nitrogens with two attached hydrogens (primary N) is 1. The first kappa shape index (κ1) is 16.8. The Bertz CT molecular complexity index is 479. The highest BCUT2D eigenvalue weighted by atomic mass is 16.5. The summed E-state index contributed by atoms with van der Waals surface area (Å²) in [6.45, 7) is 4.18. The highest BCUT2D eigenvalue weighted by Gasteiger charge is 2.28. The van der Waals surface area contributed by atoms with Crippen LogP contribution < -0.4 is 15.8 Å². The number of rotatable bonds is 8. The van der Waals surface area contributed by atoms with Gasteiger partial charge in [0.05, 0.1) is 12.2 Å². The van der Waals surface area contributed by atoms with Gasteiger partial charge in [0, 0.05) is 12.6 Å². The molecule has 1 aliphatic carbocycles. The molecule has 0 heterocycles. The molecule has 1 aromatic carbocycles. The molecule has 1 aromatic rings. The van der Waals surface area contributed by atoms with E-state index in [0.717, 1.165) is 19.3 Å². The van der Waals surface area contributed by atoms with Crippen LogP contribution >= 0.6 is 0 Å². The van der Waals surface area contributed by atoms with Crippen LogP contribution in [0.15, 0.2) is 24.3 Å². The van der Waals surface area contributed by atoms with Gasteiger partial charge in [-0.05, 0) is 44.4 Å². The van der Waals surface area contributed by atoms with Crippen LogP contribution in [0.1, 0.15) is 36.5 Å². The lowest BCUT2D eigenvalue weighted by Crippen LogP contribution is -2.40. The Morgan fingerprint density at radius 2 is 2.14 bits per heavy atom. The number of nitrogens with one attached hydrogen (secondary N) is 1. The van der Waals surface area contributed by atoms with E-state index in [9.17, 15) is 4.79 Å². The molecule has 1 fully saturated rings. The van der Waals surface area contributed by atoms with E-state index in [1.807, 2.05) is 25.1 Å². The molecule has 3 N–H and O–H groups in total. The monoisotopic (exact) mass is 306 g/mol. The number of hydrogen-bond acceptors (Lipinski definition) is 4. The normalized spacial score (nSPS) is 20.8. The smallest absolute Gasteiger partial charge is 0.255 e. The highest BCUT2D eigenvalue weighted by Crippen LogP contribution is 2.26. The van der Waals surface area contributed by atoms with Gasteiger partial charge in [0.1, 0.15) is 12.4 Å². The maximum Gasteiger partial charge on any atom is 0.255 e. The lowest BCUT2D eigenvalue weighted by atomic mass is 10.0. The Morgan fingerprint density at radius 3 is 2.91 bits per heavy atom. The van der Waals surface area contributed by atoms with Crippen LogP contribution in [0, 0.1) is 5.92 Å². The van der Waals surface area contributed by atoms with Crippen molar-refractivity contribution in [3.8, 4) is 5.75 Å². The fourth-order valence-electron chi connectivity index (χ4n) is 2.89. The minimum absolute atomic E-state index is 0.0858. The maximum absolute atomic E-state index is 12.5. The van der Waals surface area contributed by atoms with E-state index in [-0.39, 0.29) is 11.9 Å². The second-order valence-electron chi connectivity index (χ2n) is 5.55. The van der Waals surface area contributed by atoms with Crippen molar-refractivity contribution in [1.29, 1.82) is 0 Å². The van der Waals surface area contributed by atoms with E-state index in [1.165, 1.54) is 0 Å². The third-order valence-corrected chi connectivity index (χ3v) is 4.10. The second kappa shape index (κ2) is 8.76. The molecule has 2 rings (SSSR count). The van der Waals surface area contributed by atoms with E-state index in [0.29, 0.717) is 43.6 Å². The summed E-state index contributed by atoms with van der Waals surface area (Å²) in [6.07, 6.45) is 3.22. The fourth-order valence-corrected chi connectivity index (χ4v) is 2.89. The van der Waals surface area contributed by atoms with Crippen LogP contribution in [0.3, 0.4) is 0 Å². The molecule has 1 saturated carbocycles. The lowest BCUT2D eigenvalue weighted by Gasteiger charge is -2.20. The number of benzene rings is 1. The van der Waals surface area contributed by atoms with Crippen molar-refractivity contribution in [3.05, 3.63) is 29.8 Å². The van der Waals surface area contributed by atoms with Gasteiger partial charge in [-0.1, -0.05) is 18.6 Å². The van der Waals surface area contributed by atoms with Gasteiger partial charge < -0.3 is 20.5 Å². The molecule has 0 aliphatic heterocycles. The second-order valence-corrected chi connectivity index (χ2v) is 5.55. The van der Waals surface area contributed by atoms with E-state index >= 15 is 0 Å². The standard InChI is InChI=1S/C17H26N2O3/c1-2-21-10-11-22-16-9-4-3-7-14(16)17(20)19-15-8-5-6-13(15)12-18/h3-4,7,9,13,15H,2,5-6,8,10-12,18H2,1H3,(H,19,20). The Hall–Kier alpha value is -1.59. The van der Waals surface area contributed by atoms with Gasteiger partial charge in [0.25, 0.3) is 5.91 Å². The zero-order valence-electron chi connectivity index (χ0n) is 13.2. The predicted molar refractivity (Wildman–Crippen MR) is 86.1 cm³/mol. The molecule has 0 spiro atoms. The number of carbonyl (C=O) groups is 1. The van der Waals surface area contributed by atoms with Crippen molar-refractivity contribution in [2.75, 3.05) is 26.4 Å². The lowest BCUT2D eigenvalue weighted by molar-refractivity contribution is 0.0913. The van der Waals surface area contributed by atoms with Crippen LogP contribution in [0.4, 0.5) is 0 Å². The third kappa shape index (κ3) is 4.45. The summed E-state index contributed by atoms with van der Waals surface area (Å²) >= 11 is 0. The number of hydrogen-bond donors (Lipinski definition) is 2. The quantitative estimate of drug-likeness (QED) is 0.720. The molecule has 1 amide bonds. The van der Waals surface area contributed by atoms with Crippen molar-refractivity contribution in [1.82, 2.24) is 5.32 Å². The third-order valence-electron chi connectivity index (χ3n) is 4.10. The zero-order chi connectivity index (χ0) is 15.8. The number of ether oxygens (including phenoxy) is 2. The molecule has 0 aromatic heterocycles. The molecule has 0 radical (unpaired) electrons. The van der Waals surface area contributed by atoms with Gasteiger partial charge in [-0.25, -0.2) is 0 Å². The van der Waals surface area contributed by atoms with Gasteiger partial charge in [-0.15, -0.1) is 0 Å². The summed E-state index contributed by atoms with van der Waals surface area (Å²) in [7, 11) is 0. The minimum Gasteiger partial charge on any atom is -0.490 e. The van der Waals surface area contributed by atoms with Crippen LogP contribution in [-0.4, -0.2) is 38.3 Å². The molecule has 1 aliphatic rings. The van der Waals surface area contributed by atoms with Gasteiger partial charge in [-0.2, -0.15) is 0 Å². The Morgan fingerprint density at radius 1 is 1.32 bits per heavy atom. The van der Waals surface area contributed by atoms with E-state index in [2.05, 4.69) is 5.32 Å². The van der Waals surface area contributed by atoms with Crippen molar-refractivity contribution < 1.29 is 14.3 Å². The summed E-state index contributed by atoms with van der Waals surface area (Å²) in [5.74, 6) is 0.898. The van der Waals surface area contributed by atoms with E-state index < -0.39 is 0 Å². The van der Waals surface area contributed by atoms with Crippen LogP contribution in [0.25, 0.3) is 0 Å². The Kier molecular flexibility index (Phi) is 6.68. The van der Waals surface area contributed by atoms with Gasteiger partial charge in [0.2, 0.25) is 0 Å². The van der Waals surface area contributed by atoms with Crippen molar-refractivity contribution in [2.45, 2.75) is 32.2 Å². The number of carbonyl (C=O) groups excluding carboxylic acids is 1. The highest BCUT2D eigenvalue weighted by molar-refractivity contribution is 5.97. The summed E-state index contributed by atoms with van der Waals surface area (Å²) in [4.78, 5) is 12.5. The number of para-hydroxylation sites is 1. The van der Waals surface area contributed by atoms with Crippen LogP contribution in [-0.2, 0) is 4.74 Å². The minimum atomic E-state index is -0.0858. The van der Waals surface area contributed by atoms with Gasteiger partial charge in [-0.3, -0.25) is 4.79 Å². The molecule has 0 saturated heterocycles. The van der Waals surface area contributed by atoms with E-state index in [1.54, 1.807) is 6.07 Å². The van der Waals surface area contributed by atoms with Crippen molar-refractivity contribution in [3.63, 3.8) is 0 Å². The molecule has 0 bridgehead atoms. The molecule has 22 heavy (non-hydrogen) atoms. The summed E-state index contributed by atoms with van der Waals surface area (Å²) in [5, 5.41) is 3.11. The summed E-state index contributed by atoms with van der Waals surface area (Å²) in [5.41, 5.74) is 6.34. The van der Waals surface area contributed by atoms with Crippen molar-refractivity contribution >= 4 is 5.91 Å². The van der Waals surface area contributed by atoms with Crippen LogP contribution in [0.5, 0.6) is 5.75 Å². The molecule has 2 unspecified atom stereocenters. The SMILES string of the molecule is CCOCCOc1ccccc1C(=O)NC1CCCC1CN. The topological polar surface area (TPSA) is 73.6 Å². The molecule has 122 valence electrons.